The van der Waals surface area contributed by atoms with Crippen LogP contribution in [0.25, 0.3) is 28.2 Å². The molecule has 0 bridgehead atoms. The number of hydrogen-bond donors (Lipinski definition) is 1. The second-order valence-corrected chi connectivity index (χ2v) is 7.83. The summed E-state index contributed by atoms with van der Waals surface area (Å²) in [5, 5.41) is 0. The first-order chi connectivity index (χ1) is 14.3. The van der Waals surface area contributed by atoms with Gasteiger partial charge in [-0.2, -0.15) is 0 Å². The van der Waals surface area contributed by atoms with E-state index in [9.17, 15) is 0 Å². The maximum atomic E-state index is 6.22. The van der Waals surface area contributed by atoms with Crippen molar-refractivity contribution in [3.8, 4) is 17.1 Å². The number of hydrogen-bond acceptors (Lipinski definition) is 5. The highest BCUT2D eigenvalue weighted by atomic mass is 16.5. The van der Waals surface area contributed by atoms with Crippen molar-refractivity contribution >= 4 is 17.0 Å². The van der Waals surface area contributed by atoms with E-state index in [4.69, 9.17) is 20.4 Å². The van der Waals surface area contributed by atoms with Gasteiger partial charge in [0.25, 0.3) is 0 Å². The lowest BCUT2D eigenvalue weighted by Gasteiger charge is -2.25. The molecule has 1 fully saturated rings. The summed E-state index contributed by atoms with van der Waals surface area (Å²) in [6.45, 7) is 1.46. The molecule has 6 rings (SSSR count). The molecule has 0 saturated carbocycles. The molecule has 1 aliphatic heterocycles. The molecule has 6 heteroatoms. The lowest BCUT2D eigenvalue weighted by atomic mass is 10.0. The zero-order valence-electron chi connectivity index (χ0n) is 16.0. The van der Waals surface area contributed by atoms with Crippen LogP contribution in [-0.4, -0.2) is 32.7 Å². The Hall–Kier alpha value is -3.25. The molecule has 4 heterocycles. The predicted molar refractivity (Wildman–Crippen MR) is 112 cm³/mol. The van der Waals surface area contributed by atoms with E-state index in [1.165, 1.54) is 17.5 Å². The minimum Gasteiger partial charge on any atom is -0.383 e. The largest absolute Gasteiger partial charge is 0.383 e. The quantitative estimate of drug-likeness (QED) is 0.584. The van der Waals surface area contributed by atoms with Gasteiger partial charge in [-0.3, -0.25) is 4.57 Å². The molecule has 3 aromatic heterocycles. The number of nitrogen functional groups attached to an aromatic ring is 1. The Bertz CT molecular complexity index is 1240. The van der Waals surface area contributed by atoms with E-state index in [1.807, 2.05) is 12.1 Å². The molecule has 6 nitrogen and oxygen atoms in total. The molecule has 144 valence electrons. The zero-order chi connectivity index (χ0) is 19.4. The number of aromatic nitrogens is 4. The van der Waals surface area contributed by atoms with Crippen LogP contribution in [0.3, 0.4) is 0 Å². The number of nitrogens with zero attached hydrogens (tertiary/aromatic N) is 4. The van der Waals surface area contributed by atoms with E-state index in [0.29, 0.717) is 11.7 Å². The lowest BCUT2D eigenvalue weighted by molar-refractivity contribution is 0.00682. The molecule has 1 aromatic carbocycles. The molecular formula is C23H21N5O. The maximum Gasteiger partial charge on any atom is 0.165 e. The van der Waals surface area contributed by atoms with Gasteiger partial charge in [0.1, 0.15) is 11.3 Å². The summed E-state index contributed by atoms with van der Waals surface area (Å²) in [5.74, 6) is 1.60. The molecule has 2 aliphatic rings. The SMILES string of the molecule is Nc1ncccc1-c1nc2ccc(C3COC3)nc2n1-c1ccc2c(c1)CCC2. The maximum absolute atomic E-state index is 6.22. The van der Waals surface area contributed by atoms with Gasteiger partial charge in [0, 0.05) is 17.8 Å². The molecule has 2 N–H and O–H groups in total. The van der Waals surface area contributed by atoms with E-state index >= 15 is 0 Å². The Kier molecular flexibility index (Phi) is 3.67. The number of anilines is 1. The van der Waals surface area contributed by atoms with Gasteiger partial charge >= 0.3 is 0 Å². The Balaban J connectivity index is 1.62. The third kappa shape index (κ3) is 2.63. The second-order valence-electron chi connectivity index (χ2n) is 7.83. The van der Waals surface area contributed by atoms with E-state index < -0.39 is 0 Å². The number of rotatable bonds is 3. The van der Waals surface area contributed by atoms with Gasteiger partial charge in [0.15, 0.2) is 11.5 Å². The van der Waals surface area contributed by atoms with Crippen LogP contribution in [-0.2, 0) is 17.6 Å². The molecular weight excluding hydrogens is 362 g/mol. The summed E-state index contributed by atoms with van der Waals surface area (Å²) in [6.07, 6.45) is 5.20. The minimum atomic E-state index is 0.356. The molecule has 4 aromatic rings. The molecule has 0 atom stereocenters. The number of fused-ring (bicyclic) bond motifs is 2. The fourth-order valence-corrected chi connectivity index (χ4v) is 4.33. The van der Waals surface area contributed by atoms with Crippen molar-refractivity contribution in [3.63, 3.8) is 0 Å². The third-order valence-corrected chi connectivity index (χ3v) is 6.00. The molecule has 29 heavy (non-hydrogen) atoms. The van der Waals surface area contributed by atoms with Gasteiger partial charge in [0.05, 0.1) is 24.5 Å². The van der Waals surface area contributed by atoms with Crippen molar-refractivity contribution in [2.45, 2.75) is 25.2 Å². The monoisotopic (exact) mass is 383 g/mol. The number of ether oxygens (including phenoxy) is 1. The first-order valence-corrected chi connectivity index (χ1v) is 10.1. The Morgan fingerprint density at radius 2 is 1.90 bits per heavy atom. The van der Waals surface area contributed by atoms with Gasteiger partial charge in [-0.1, -0.05) is 6.07 Å². The van der Waals surface area contributed by atoms with Gasteiger partial charge in [-0.15, -0.1) is 0 Å². The zero-order valence-corrected chi connectivity index (χ0v) is 16.0. The summed E-state index contributed by atoms with van der Waals surface area (Å²) >= 11 is 0. The topological polar surface area (TPSA) is 78.8 Å². The number of benzene rings is 1. The summed E-state index contributed by atoms with van der Waals surface area (Å²) < 4.78 is 7.50. The average molecular weight is 383 g/mol. The van der Waals surface area contributed by atoms with E-state index in [0.717, 1.165) is 60.0 Å². The van der Waals surface area contributed by atoms with Crippen LogP contribution < -0.4 is 5.73 Å². The van der Waals surface area contributed by atoms with Crippen LogP contribution in [0.4, 0.5) is 5.82 Å². The fraction of sp³-hybridized carbons (Fsp3) is 0.261. The van der Waals surface area contributed by atoms with Crippen molar-refractivity contribution in [3.05, 3.63) is 65.5 Å². The number of imidazole rings is 1. The van der Waals surface area contributed by atoms with E-state index in [-0.39, 0.29) is 0 Å². The molecule has 1 aliphatic carbocycles. The molecule has 0 amide bonds. The Labute approximate surface area is 168 Å². The van der Waals surface area contributed by atoms with Crippen molar-refractivity contribution in [1.29, 1.82) is 0 Å². The Morgan fingerprint density at radius 1 is 1.00 bits per heavy atom. The molecule has 1 saturated heterocycles. The summed E-state index contributed by atoms with van der Waals surface area (Å²) in [4.78, 5) is 14.2. The Morgan fingerprint density at radius 3 is 2.72 bits per heavy atom. The van der Waals surface area contributed by atoms with Crippen molar-refractivity contribution in [2.75, 3.05) is 18.9 Å². The normalized spacial score (nSPS) is 16.1. The highest BCUT2D eigenvalue weighted by Gasteiger charge is 2.25. The number of pyridine rings is 2. The van der Waals surface area contributed by atoms with Gasteiger partial charge in [-0.05, 0) is 66.8 Å². The molecule has 0 radical (unpaired) electrons. The van der Waals surface area contributed by atoms with Crippen molar-refractivity contribution < 1.29 is 4.74 Å². The first-order valence-electron chi connectivity index (χ1n) is 10.1. The third-order valence-electron chi connectivity index (χ3n) is 6.00. The standard InChI is InChI=1S/C23H21N5O/c24-21-18(5-2-10-25-21)22-27-20-9-8-19(16-12-29-13-16)26-23(20)28(22)17-7-6-14-3-1-4-15(14)11-17/h2,5-11,16H,1,3-4,12-13H2,(H2,24,25). The number of aryl methyl sites for hydroxylation is 2. The smallest absolute Gasteiger partial charge is 0.165 e. The van der Waals surface area contributed by atoms with Crippen molar-refractivity contribution in [1.82, 2.24) is 19.5 Å². The van der Waals surface area contributed by atoms with Crippen LogP contribution in [0, 0.1) is 0 Å². The summed E-state index contributed by atoms with van der Waals surface area (Å²) in [6, 6.07) is 14.7. The number of nitrogens with two attached hydrogens (primary N) is 1. The average Bonchev–Trinajstić information content (AvgIpc) is 3.30. The van der Waals surface area contributed by atoms with Gasteiger partial charge < -0.3 is 10.5 Å². The predicted octanol–water partition coefficient (Wildman–Crippen LogP) is 3.67. The van der Waals surface area contributed by atoms with Crippen molar-refractivity contribution in [2.24, 2.45) is 0 Å². The molecule has 0 spiro atoms. The van der Waals surface area contributed by atoms with Gasteiger partial charge in [-0.25, -0.2) is 15.0 Å². The van der Waals surface area contributed by atoms with E-state index in [1.54, 1.807) is 6.20 Å². The second kappa shape index (κ2) is 6.39. The molecule has 0 unspecified atom stereocenters. The summed E-state index contributed by atoms with van der Waals surface area (Å²) in [5.41, 5.74) is 13.7. The van der Waals surface area contributed by atoms with E-state index in [2.05, 4.69) is 39.9 Å². The van der Waals surface area contributed by atoms with Crippen LogP contribution >= 0.6 is 0 Å². The van der Waals surface area contributed by atoms with Crippen LogP contribution in [0.1, 0.15) is 29.2 Å². The van der Waals surface area contributed by atoms with Crippen LogP contribution in [0.5, 0.6) is 0 Å². The van der Waals surface area contributed by atoms with Crippen LogP contribution in [0.2, 0.25) is 0 Å². The highest BCUT2D eigenvalue weighted by Crippen LogP contribution is 2.33. The minimum absolute atomic E-state index is 0.356. The fourth-order valence-electron chi connectivity index (χ4n) is 4.33. The lowest BCUT2D eigenvalue weighted by Crippen LogP contribution is -2.26. The van der Waals surface area contributed by atoms with Gasteiger partial charge in [0.2, 0.25) is 0 Å². The highest BCUT2D eigenvalue weighted by molar-refractivity contribution is 5.83. The van der Waals surface area contributed by atoms with Crippen LogP contribution in [0.15, 0.2) is 48.7 Å². The first kappa shape index (κ1) is 16.7. The summed E-state index contributed by atoms with van der Waals surface area (Å²) in [7, 11) is 0.